The summed E-state index contributed by atoms with van der Waals surface area (Å²) < 4.78 is 38.1. The number of hydrogen-bond acceptors (Lipinski definition) is 5. The highest BCUT2D eigenvalue weighted by Gasteiger charge is 2.33. The molecule has 5 N–H and O–H groups in total. The van der Waals surface area contributed by atoms with Gasteiger partial charge in [0.05, 0.1) is 10.5 Å². The van der Waals surface area contributed by atoms with E-state index < -0.39 is 40.3 Å². The lowest BCUT2D eigenvalue weighted by Gasteiger charge is -2.19. The fraction of sp³-hybridized carbons (Fsp3) is 0.500. The van der Waals surface area contributed by atoms with Gasteiger partial charge in [-0.1, -0.05) is 13.8 Å². The Kier molecular flexibility index (Phi) is 8.01. The van der Waals surface area contributed by atoms with E-state index >= 15 is 0 Å². The molecule has 28 heavy (non-hydrogen) atoms. The van der Waals surface area contributed by atoms with Gasteiger partial charge in [0.15, 0.2) is 0 Å². The maximum atomic E-state index is 12.7. The largest absolute Gasteiger partial charge is 0.416 e. The summed E-state index contributed by atoms with van der Waals surface area (Å²) in [4.78, 5) is 33.2. The summed E-state index contributed by atoms with van der Waals surface area (Å²) in [5.74, 6) is -0.383. The van der Waals surface area contributed by atoms with Crippen LogP contribution in [0.3, 0.4) is 0 Å². The molecule has 0 saturated heterocycles. The first-order valence-electron chi connectivity index (χ1n) is 8.35. The SMILES string of the molecule is CC(C)C[C@@H](NC(N)=O)C(=O)NCCNc1ccc(C(F)(F)F)cc1[N+](=O)[O-]. The lowest BCUT2D eigenvalue weighted by molar-refractivity contribution is -0.384. The second-order valence-corrected chi connectivity index (χ2v) is 6.40. The topological polar surface area (TPSA) is 139 Å². The Labute approximate surface area is 159 Å². The Hall–Kier alpha value is -3.05. The number of amides is 3. The summed E-state index contributed by atoms with van der Waals surface area (Å²) in [6, 6.07) is 0.441. The fourth-order valence-electron chi connectivity index (χ4n) is 2.39. The number of nitrogens with two attached hydrogens (primary N) is 1. The molecule has 1 aromatic rings. The minimum absolute atomic E-state index is 0.0168. The molecule has 156 valence electrons. The number of nitro benzene ring substituents is 1. The van der Waals surface area contributed by atoms with E-state index in [0.29, 0.717) is 12.5 Å². The molecule has 0 aliphatic rings. The smallest absolute Gasteiger partial charge is 0.378 e. The Morgan fingerprint density at radius 2 is 1.89 bits per heavy atom. The van der Waals surface area contributed by atoms with Crippen LogP contribution in [0.4, 0.5) is 29.3 Å². The van der Waals surface area contributed by atoms with Gasteiger partial charge in [0, 0.05) is 19.2 Å². The van der Waals surface area contributed by atoms with Gasteiger partial charge in [-0.05, 0) is 24.5 Å². The van der Waals surface area contributed by atoms with Crippen LogP contribution in [0.25, 0.3) is 0 Å². The van der Waals surface area contributed by atoms with Crippen molar-refractivity contribution in [3.8, 4) is 0 Å². The lowest BCUT2D eigenvalue weighted by Crippen LogP contribution is -2.49. The standard InChI is InChI=1S/C16H22F3N5O4/c1-9(2)7-12(23-15(20)26)14(25)22-6-5-21-11-4-3-10(16(17,18)19)8-13(11)24(27)28/h3-4,8-9,12,21H,5-7H2,1-2H3,(H,22,25)(H3,20,23,26)/t12-/m1/s1. The number of hydrogen-bond donors (Lipinski definition) is 4. The van der Waals surface area contributed by atoms with Gasteiger partial charge in [0.1, 0.15) is 11.7 Å². The molecule has 12 heteroatoms. The fourth-order valence-corrected chi connectivity index (χ4v) is 2.39. The first-order valence-corrected chi connectivity index (χ1v) is 8.35. The van der Waals surface area contributed by atoms with Crippen molar-refractivity contribution in [2.75, 3.05) is 18.4 Å². The van der Waals surface area contributed by atoms with Crippen LogP contribution in [-0.2, 0) is 11.0 Å². The molecule has 0 radical (unpaired) electrons. The molecule has 0 unspecified atom stereocenters. The Bertz CT molecular complexity index is 725. The van der Waals surface area contributed by atoms with Crippen molar-refractivity contribution >= 4 is 23.3 Å². The third-order valence-corrected chi connectivity index (χ3v) is 3.60. The van der Waals surface area contributed by atoms with Gasteiger partial charge in [-0.25, -0.2) is 4.79 Å². The van der Waals surface area contributed by atoms with Crippen LogP contribution < -0.4 is 21.7 Å². The number of anilines is 1. The lowest BCUT2D eigenvalue weighted by atomic mass is 10.0. The Morgan fingerprint density at radius 1 is 1.25 bits per heavy atom. The summed E-state index contributed by atoms with van der Waals surface area (Å²) in [6.45, 7) is 3.75. The summed E-state index contributed by atoms with van der Waals surface area (Å²) in [5, 5.41) is 18.5. The molecule has 0 aromatic heterocycles. The van der Waals surface area contributed by atoms with Crippen molar-refractivity contribution in [3.63, 3.8) is 0 Å². The third kappa shape index (κ3) is 7.29. The van der Waals surface area contributed by atoms with E-state index in [0.717, 1.165) is 12.1 Å². The first-order chi connectivity index (χ1) is 12.9. The maximum absolute atomic E-state index is 12.7. The number of nitrogens with zero attached hydrogens (tertiary/aromatic N) is 1. The second kappa shape index (κ2) is 9.76. The number of benzene rings is 1. The predicted molar refractivity (Wildman–Crippen MR) is 95.6 cm³/mol. The zero-order valence-electron chi connectivity index (χ0n) is 15.3. The summed E-state index contributed by atoms with van der Waals surface area (Å²) in [7, 11) is 0. The normalized spacial score (nSPS) is 12.4. The molecule has 3 amide bonds. The van der Waals surface area contributed by atoms with Gasteiger partial charge in [0.25, 0.3) is 5.69 Å². The molecular formula is C16H22F3N5O4. The van der Waals surface area contributed by atoms with Crippen molar-refractivity contribution < 1.29 is 27.7 Å². The summed E-state index contributed by atoms with van der Waals surface area (Å²) in [5.41, 5.74) is 3.07. The predicted octanol–water partition coefficient (Wildman–Crippen LogP) is 2.22. The number of halogens is 3. The Morgan fingerprint density at radius 3 is 2.39 bits per heavy atom. The number of primary amides is 1. The minimum Gasteiger partial charge on any atom is -0.378 e. The van der Waals surface area contributed by atoms with Crippen molar-refractivity contribution in [2.24, 2.45) is 11.7 Å². The molecule has 0 spiro atoms. The molecule has 1 aromatic carbocycles. The number of carbonyl (C=O) groups excluding carboxylic acids is 2. The first kappa shape index (κ1) is 23.0. The van der Waals surface area contributed by atoms with Crippen molar-refractivity contribution in [3.05, 3.63) is 33.9 Å². The zero-order valence-corrected chi connectivity index (χ0v) is 15.3. The van der Waals surface area contributed by atoms with E-state index in [2.05, 4.69) is 16.0 Å². The molecule has 0 heterocycles. The number of alkyl halides is 3. The highest BCUT2D eigenvalue weighted by atomic mass is 19.4. The molecule has 1 atom stereocenters. The highest BCUT2D eigenvalue weighted by Crippen LogP contribution is 2.34. The van der Waals surface area contributed by atoms with Crippen LogP contribution in [0.5, 0.6) is 0 Å². The summed E-state index contributed by atoms with van der Waals surface area (Å²) >= 11 is 0. The van der Waals surface area contributed by atoms with Crippen LogP contribution in [-0.4, -0.2) is 36.0 Å². The average molecular weight is 405 g/mol. The van der Waals surface area contributed by atoms with Gasteiger partial charge in [-0.2, -0.15) is 13.2 Å². The average Bonchev–Trinajstić information content (AvgIpc) is 2.56. The summed E-state index contributed by atoms with van der Waals surface area (Å²) in [6.07, 6.45) is -4.34. The molecule has 0 fully saturated rings. The van der Waals surface area contributed by atoms with E-state index in [1.165, 1.54) is 0 Å². The third-order valence-electron chi connectivity index (χ3n) is 3.60. The molecule has 1 rings (SSSR count). The number of urea groups is 1. The maximum Gasteiger partial charge on any atom is 0.416 e. The molecule has 0 aliphatic carbocycles. The number of nitrogens with one attached hydrogen (secondary N) is 3. The molecule has 0 bridgehead atoms. The highest BCUT2D eigenvalue weighted by molar-refractivity contribution is 5.86. The van der Waals surface area contributed by atoms with Crippen LogP contribution in [0, 0.1) is 16.0 Å². The molecular weight excluding hydrogens is 383 g/mol. The monoisotopic (exact) mass is 405 g/mol. The molecule has 0 saturated carbocycles. The van der Waals surface area contributed by atoms with Gasteiger partial charge < -0.3 is 21.7 Å². The van der Waals surface area contributed by atoms with E-state index in [1.54, 1.807) is 0 Å². The van der Waals surface area contributed by atoms with Crippen LogP contribution >= 0.6 is 0 Å². The number of rotatable bonds is 9. The van der Waals surface area contributed by atoms with Gasteiger partial charge in [-0.15, -0.1) is 0 Å². The van der Waals surface area contributed by atoms with Crippen molar-refractivity contribution in [1.29, 1.82) is 0 Å². The quantitative estimate of drug-likeness (QED) is 0.283. The van der Waals surface area contributed by atoms with E-state index in [1.807, 2.05) is 13.8 Å². The van der Waals surface area contributed by atoms with Crippen LogP contribution in [0.15, 0.2) is 18.2 Å². The van der Waals surface area contributed by atoms with Gasteiger partial charge >= 0.3 is 12.2 Å². The van der Waals surface area contributed by atoms with Crippen molar-refractivity contribution in [1.82, 2.24) is 10.6 Å². The molecule has 0 aliphatic heterocycles. The van der Waals surface area contributed by atoms with E-state index in [4.69, 9.17) is 5.73 Å². The number of carbonyl (C=O) groups is 2. The van der Waals surface area contributed by atoms with Crippen LogP contribution in [0.1, 0.15) is 25.8 Å². The van der Waals surface area contributed by atoms with Crippen molar-refractivity contribution in [2.45, 2.75) is 32.5 Å². The second-order valence-electron chi connectivity index (χ2n) is 6.40. The minimum atomic E-state index is -4.70. The van der Waals surface area contributed by atoms with E-state index in [-0.39, 0.29) is 24.7 Å². The van der Waals surface area contributed by atoms with Gasteiger partial charge in [-0.3, -0.25) is 14.9 Å². The Balaban J connectivity index is 2.69. The van der Waals surface area contributed by atoms with Crippen LogP contribution in [0.2, 0.25) is 0 Å². The molecule has 9 nitrogen and oxygen atoms in total. The number of nitro groups is 1. The van der Waals surface area contributed by atoms with Gasteiger partial charge in [0.2, 0.25) is 5.91 Å². The van der Waals surface area contributed by atoms with E-state index in [9.17, 15) is 32.9 Å². The zero-order chi connectivity index (χ0) is 21.5.